The number of carbonyl (C=O) groups excluding carboxylic acids is 1. The molecule has 0 aromatic carbocycles. The van der Waals surface area contributed by atoms with Gasteiger partial charge in [-0.15, -0.1) is 0 Å². The van der Waals surface area contributed by atoms with Gasteiger partial charge in [-0.25, -0.2) is 0 Å². The Bertz CT molecular complexity index is 254. The standard InChI is InChI=1S/C13H23NO2/c1-10-4-2-3-5-12(10)8-14-7-11(9-15)6-13(14)16/h10-12,15H,2-9H2,1H3. The Labute approximate surface area is 97.8 Å². The van der Waals surface area contributed by atoms with Gasteiger partial charge in [-0.2, -0.15) is 0 Å². The third kappa shape index (κ3) is 2.57. The van der Waals surface area contributed by atoms with E-state index in [1.807, 2.05) is 4.90 Å². The van der Waals surface area contributed by atoms with Gasteiger partial charge in [-0.3, -0.25) is 4.79 Å². The lowest BCUT2D eigenvalue weighted by Gasteiger charge is -2.32. The summed E-state index contributed by atoms with van der Waals surface area (Å²) in [5, 5.41) is 9.08. The highest BCUT2D eigenvalue weighted by Gasteiger charge is 2.32. The highest BCUT2D eigenvalue weighted by atomic mass is 16.3. The predicted molar refractivity (Wildman–Crippen MR) is 62.9 cm³/mol. The number of likely N-dealkylation sites (tertiary alicyclic amines) is 1. The van der Waals surface area contributed by atoms with Crippen LogP contribution in [0.15, 0.2) is 0 Å². The van der Waals surface area contributed by atoms with Gasteiger partial charge in [-0.05, 0) is 18.3 Å². The molecule has 3 unspecified atom stereocenters. The number of hydrogen-bond acceptors (Lipinski definition) is 2. The van der Waals surface area contributed by atoms with Crippen molar-refractivity contribution in [2.45, 2.75) is 39.0 Å². The summed E-state index contributed by atoms with van der Waals surface area (Å²) in [5.41, 5.74) is 0. The van der Waals surface area contributed by atoms with Crippen molar-refractivity contribution in [2.24, 2.45) is 17.8 Å². The number of nitrogens with zero attached hydrogens (tertiary/aromatic N) is 1. The monoisotopic (exact) mass is 225 g/mol. The normalized spacial score (nSPS) is 35.8. The second kappa shape index (κ2) is 5.17. The minimum Gasteiger partial charge on any atom is -0.396 e. The molecule has 1 heterocycles. The zero-order valence-electron chi connectivity index (χ0n) is 10.2. The first kappa shape index (κ1) is 11.9. The molecule has 0 aromatic heterocycles. The van der Waals surface area contributed by atoms with Crippen LogP contribution >= 0.6 is 0 Å². The maximum atomic E-state index is 11.7. The third-order valence-corrected chi connectivity index (χ3v) is 4.30. The molecule has 0 bridgehead atoms. The van der Waals surface area contributed by atoms with Crippen molar-refractivity contribution in [1.82, 2.24) is 4.90 Å². The van der Waals surface area contributed by atoms with Crippen LogP contribution in [0.2, 0.25) is 0 Å². The van der Waals surface area contributed by atoms with E-state index in [1.54, 1.807) is 0 Å². The number of hydrogen-bond donors (Lipinski definition) is 1. The van der Waals surface area contributed by atoms with Crippen molar-refractivity contribution >= 4 is 5.91 Å². The van der Waals surface area contributed by atoms with Crippen LogP contribution in [-0.4, -0.2) is 35.6 Å². The molecule has 2 fully saturated rings. The molecule has 16 heavy (non-hydrogen) atoms. The van der Waals surface area contributed by atoms with Crippen molar-refractivity contribution in [3.63, 3.8) is 0 Å². The van der Waals surface area contributed by atoms with Gasteiger partial charge in [0.2, 0.25) is 5.91 Å². The van der Waals surface area contributed by atoms with Gasteiger partial charge in [0.1, 0.15) is 0 Å². The second-order valence-electron chi connectivity index (χ2n) is 5.57. The molecular weight excluding hydrogens is 202 g/mol. The van der Waals surface area contributed by atoms with E-state index in [0.717, 1.165) is 19.0 Å². The Kier molecular flexibility index (Phi) is 3.85. The van der Waals surface area contributed by atoms with E-state index in [0.29, 0.717) is 12.3 Å². The smallest absolute Gasteiger partial charge is 0.223 e. The second-order valence-corrected chi connectivity index (χ2v) is 5.57. The molecule has 92 valence electrons. The van der Waals surface area contributed by atoms with Gasteiger partial charge in [0.15, 0.2) is 0 Å². The third-order valence-electron chi connectivity index (χ3n) is 4.30. The summed E-state index contributed by atoms with van der Waals surface area (Å²) in [6, 6.07) is 0. The van der Waals surface area contributed by atoms with Gasteiger partial charge < -0.3 is 10.0 Å². The van der Waals surface area contributed by atoms with E-state index >= 15 is 0 Å². The lowest BCUT2D eigenvalue weighted by atomic mass is 9.80. The highest BCUT2D eigenvalue weighted by molar-refractivity contribution is 5.78. The Hall–Kier alpha value is -0.570. The molecule has 1 saturated carbocycles. The number of carbonyl (C=O) groups is 1. The van der Waals surface area contributed by atoms with Crippen LogP contribution < -0.4 is 0 Å². The maximum absolute atomic E-state index is 11.7. The van der Waals surface area contributed by atoms with E-state index in [4.69, 9.17) is 5.11 Å². The van der Waals surface area contributed by atoms with Crippen molar-refractivity contribution in [3.8, 4) is 0 Å². The average Bonchev–Trinajstić information content (AvgIpc) is 2.63. The van der Waals surface area contributed by atoms with Crippen LogP contribution in [-0.2, 0) is 4.79 Å². The van der Waals surface area contributed by atoms with E-state index in [2.05, 4.69) is 6.92 Å². The Morgan fingerprint density at radius 2 is 2.12 bits per heavy atom. The van der Waals surface area contributed by atoms with Crippen LogP contribution in [0.5, 0.6) is 0 Å². The van der Waals surface area contributed by atoms with E-state index < -0.39 is 0 Å². The summed E-state index contributed by atoms with van der Waals surface area (Å²) in [4.78, 5) is 13.7. The molecule has 1 amide bonds. The molecule has 0 aromatic rings. The van der Waals surface area contributed by atoms with Crippen LogP contribution in [0.25, 0.3) is 0 Å². The molecule has 3 nitrogen and oxygen atoms in total. The quantitative estimate of drug-likeness (QED) is 0.793. The molecule has 1 saturated heterocycles. The molecular formula is C13H23NO2. The van der Waals surface area contributed by atoms with Crippen molar-refractivity contribution in [2.75, 3.05) is 19.7 Å². The topological polar surface area (TPSA) is 40.5 Å². The SMILES string of the molecule is CC1CCCCC1CN1CC(CO)CC1=O. The molecule has 0 spiro atoms. The molecule has 3 atom stereocenters. The summed E-state index contributed by atoms with van der Waals surface area (Å²) in [7, 11) is 0. The lowest BCUT2D eigenvalue weighted by Crippen LogP contribution is -2.35. The largest absolute Gasteiger partial charge is 0.396 e. The number of aliphatic hydroxyl groups excluding tert-OH is 1. The van der Waals surface area contributed by atoms with Crippen molar-refractivity contribution < 1.29 is 9.90 Å². The van der Waals surface area contributed by atoms with Crippen LogP contribution in [0.1, 0.15) is 39.0 Å². The first-order valence-corrected chi connectivity index (χ1v) is 6.59. The molecule has 1 N–H and O–H groups in total. The zero-order valence-corrected chi connectivity index (χ0v) is 10.2. The molecule has 2 rings (SSSR count). The molecule has 0 radical (unpaired) electrons. The molecule has 2 aliphatic rings. The Morgan fingerprint density at radius 3 is 2.75 bits per heavy atom. The average molecular weight is 225 g/mol. The van der Waals surface area contributed by atoms with Crippen LogP contribution in [0.4, 0.5) is 0 Å². The van der Waals surface area contributed by atoms with E-state index in [1.165, 1.54) is 25.7 Å². The maximum Gasteiger partial charge on any atom is 0.223 e. The molecule has 1 aliphatic carbocycles. The van der Waals surface area contributed by atoms with Crippen molar-refractivity contribution in [3.05, 3.63) is 0 Å². The number of aliphatic hydroxyl groups is 1. The zero-order chi connectivity index (χ0) is 11.5. The molecule has 1 aliphatic heterocycles. The number of rotatable bonds is 3. The van der Waals surface area contributed by atoms with Gasteiger partial charge in [0.25, 0.3) is 0 Å². The van der Waals surface area contributed by atoms with Gasteiger partial charge in [0, 0.05) is 32.0 Å². The van der Waals surface area contributed by atoms with Crippen LogP contribution in [0, 0.1) is 17.8 Å². The minimum atomic E-state index is 0.155. The lowest BCUT2D eigenvalue weighted by molar-refractivity contribution is -0.128. The van der Waals surface area contributed by atoms with E-state index in [9.17, 15) is 4.79 Å². The highest BCUT2D eigenvalue weighted by Crippen LogP contribution is 2.31. The minimum absolute atomic E-state index is 0.155. The Balaban J connectivity index is 1.86. The van der Waals surface area contributed by atoms with Crippen LogP contribution in [0.3, 0.4) is 0 Å². The predicted octanol–water partition coefficient (Wildman–Crippen LogP) is 1.65. The summed E-state index contributed by atoms with van der Waals surface area (Å²) < 4.78 is 0. The van der Waals surface area contributed by atoms with Crippen molar-refractivity contribution in [1.29, 1.82) is 0 Å². The fraction of sp³-hybridized carbons (Fsp3) is 0.923. The van der Waals surface area contributed by atoms with E-state index in [-0.39, 0.29) is 18.4 Å². The van der Waals surface area contributed by atoms with Gasteiger partial charge >= 0.3 is 0 Å². The van der Waals surface area contributed by atoms with Gasteiger partial charge in [0.05, 0.1) is 0 Å². The molecule has 3 heteroatoms. The fourth-order valence-corrected chi connectivity index (χ4v) is 3.10. The Morgan fingerprint density at radius 1 is 1.38 bits per heavy atom. The number of amides is 1. The fourth-order valence-electron chi connectivity index (χ4n) is 3.10. The first-order chi connectivity index (χ1) is 7.70. The summed E-state index contributed by atoms with van der Waals surface area (Å²) in [5.74, 6) is 1.88. The summed E-state index contributed by atoms with van der Waals surface area (Å²) >= 11 is 0. The van der Waals surface area contributed by atoms with Gasteiger partial charge in [-0.1, -0.05) is 26.2 Å². The first-order valence-electron chi connectivity index (χ1n) is 6.59. The summed E-state index contributed by atoms with van der Waals surface area (Å²) in [6.07, 6.45) is 5.81. The summed E-state index contributed by atoms with van der Waals surface area (Å²) in [6.45, 7) is 4.17.